The molecule has 5 rings (SSSR count). The number of benzene rings is 2. The summed E-state index contributed by atoms with van der Waals surface area (Å²) in [5.74, 6) is 0.0821. The molecule has 1 fully saturated rings. The fraction of sp³-hybridized carbons (Fsp3) is 0.594. The van der Waals surface area contributed by atoms with E-state index in [1.807, 2.05) is 18.2 Å². The molecule has 230 valence electrons. The maximum atomic E-state index is 13.3. The van der Waals surface area contributed by atoms with E-state index in [2.05, 4.69) is 9.62 Å². The van der Waals surface area contributed by atoms with Crippen molar-refractivity contribution in [2.75, 3.05) is 24.6 Å². The van der Waals surface area contributed by atoms with Gasteiger partial charge in [0.15, 0.2) is 0 Å². The van der Waals surface area contributed by atoms with Crippen molar-refractivity contribution in [1.82, 2.24) is 4.72 Å². The fourth-order valence-corrected chi connectivity index (χ4v) is 8.55. The summed E-state index contributed by atoms with van der Waals surface area (Å²) in [5.41, 5.74) is 1.99. The molecule has 1 aliphatic carbocycles. The number of anilines is 1. The number of sulfonamides is 1. The molecule has 1 amide bonds. The van der Waals surface area contributed by atoms with E-state index in [0.717, 1.165) is 48.9 Å². The summed E-state index contributed by atoms with van der Waals surface area (Å²) in [6, 6.07) is 10.9. The molecule has 0 saturated heterocycles. The second-order valence-electron chi connectivity index (χ2n) is 12.2. The molecule has 0 aromatic heterocycles. The van der Waals surface area contributed by atoms with E-state index in [-0.39, 0.29) is 24.0 Å². The van der Waals surface area contributed by atoms with Crippen LogP contribution in [-0.2, 0) is 23.1 Å². The van der Waals surface area contributed by atoms with Gasteiger partial charge in [0.25, 0.3) is 5.91 Å². The molecule has 2 aromatic carbocycles. The first-order valence-corrected chi connectivity index (χ1v) is 17.2. The summed E-state index contributed by atoms with van der Waals surface area (Å²) >= 11 is 6.30. The second-order valence-corrected chi connectivity index (χ2v) is 14.6. The molecular weight excluding hydrogens is 576 g/mol. The first-order valence-electron chi connectivity index (χ1n) is 15.3. The molecule has 0 radical (unpaired) electrons. The average Bonchev–Trinajstić information content (AvgIpc) is 2.97. The molecule has 0 unspecified atom stereocenters. The van der Waals surface area contributed by atoms with Crippen LogP contribution >= 0.6 is 11.6 Å². The number of carbonyl (C=O) groups is 1. The summed E-state index contributed by atoms with van der Waals surface area (Å²) in [6.07, 6.45) is 6.82. The SMILES string of the molecule is CC[C@@H]1CCCC[C@](O)(CO)[C@@H]2CC[C@H]2CN2CCCCc3cc(Cl)ccc3COc3ccc(cc32)C(=O)NS1(=O)=O. The van der Waals surface area contributed by atoms with E-state index in [0.29, 0.717) is 62.6 Å². The third-order valence-corrected chi connectivity index (χ3v) is 11.7. The van der Waals surface area contributed by atoms with E-state index in [1.165, 1.54) is 0 Å². The molecule has 2 bridgehead atoms. The van der Waals surface area contributed by atoms with Crippen LogP contribution in [0.15, 0.2) is 36.4 Å². The van der Waals surface area contributed by atoms with Gasteiger partial charge in [-0.2, -0.15) is 0 Å². The van der Waals surface area contributed by atoms with Crippen molar-refractivity contribution in [3.05, 3.63) is 58.1 Å². The molecule has 3 aliphatic rings. The Labute approximate surface area is 254 Å². The van der Waals surface area contributed by atoms with Crippen molar-refractivity contribution in [2.24, 2.45) is 11.8 Å². The van der Waals surface area contributed by atoms with Gasteiger partial charge in [0.2, 0.25) is 10.0 Å². The van der Waals surface area contributed by atoms with E-state index >= 15 is 0 Å². The Morgan fingerprint density at radius 1 is 1.07 bits per heavy atom. The highest BCUT2D eigenvalue weighted by molar-refractivity contribution is 7.90. The van der Waals surface area contributed by atoms with Crippen LogP contribution in [0.3, 0.4) is 0 Å². The zero-order chi connectivity index (χ0) is 29.9. The normalized spacial score (nSPS) is 28.6. The van der Waals surface area contributed by atoms with Crippen LogP contribution in [0.4, 0.5) is 5.69 Å². The van der Waals surface area contributed by atoms with Gasteiger partial charge in [-0.1, -0.05) is 37.4 Å². The van der Waals surface area contributed by atoms with Crippen molar-refractivity contribution in [2.45, 2.75) is 88.6 Å². The Kier molecular flexibility index (Phi) is 9.72. The Morgan fingerprint density at radius 3 is 2.64 bits per heavy atom. The highest BCUT2D eigenvalue weighted by Gasteiger charge is 2.46. The standard InChI is InChI=1S/C32H43ClN2O6S/c1-2-27-8-3-5-15-32(38,21-36)28-13-10-24(28)19-35-16-6-4-7-22-17-26(33)12-9-25(22)20-41-30-14-11-23(18-29(30)35)31(37)34-42(27,39)40/h9,11-12,14,17-18,24,27-28,36,38H,2-8,10,13,15-16,19-21H2,1H3,(H,34,37)/t24-,27+,28+,32-/m0/s1. The third-order valence-electron chi connectivity index (χ3n) is 9.59. The minimum atomic E-state index is -3.91. The van der Waals surface area contributed by atoms with Gasteiger partial charge in [0, 0.05) is 23.7 Å². The first kappa shape index (κ1) is 31.1. The summed E-state index contributed by atoms with van der Waals surface area (Å²) in [4.78, 5) is 15.5. The predicted molar refractivity (Wildman–Crippen MR) is 165 cm³/mol. The van der Waals surface area contributed by atoms with Crippen LogP contribution in [0.5, 0.6) is 5.75 Å². The van der Waals surface area contributed by atoms with Gasteiger partial charge in [-0.3, -0.25) is 4.79 Å². The number of halogens is 1. The van der Waals surface area contributed by atoms with Crippen molar-refractivity contribution in [3.63, 3.8) is 0 Å². The van der Waals surface area contributed by atoms with Crippen LogP contribution in [0.1, 0.15) is 86.2 Å². The van der Waals surface area contributed by atoms with Gasteiger partial charge in [0.1, 0.15) is 12.4 Å². The van der Waals surface area contributed by atoms with E-state index < -0.39 is 26.8 Å². The van der Waals surface area contributed by atoms with Gasteiger partial charge in [-0.25, -0.2) is 13.1 Å². The maximum absolute atomic E-state index is 13.3. The average molecular weight is 619 g/mol. The van der Waals surface area contributed by atoms with Gasteiger partial charge < -0.3 is 19.8 Å². The molecule has 8 nitrogen and oxygen atoms in total. The summed E-state index contributed by atoms with van der Waals surface area (Å²) in [5, 5.41) is 21.9. The molecule has 2 heterocycles. The van der Waals surface area contributed by atoms with Crippen LogP contribution < -0.4 is 14.4 Å². The zero-order valence-corrected chi connectivity index (χ0v) is 25.9. The van der Waals surface area contributed by atoms with Gasteiger partial charge in [-0.05, 0) is 105 Å². The van der Waals surface area contributed by atoms with Gasteiger partial charge in [-0.15, -0.1) is 0 Å². The minimum absolute atomic E-state index is 0.0541. The predicted octanol–water partition coefficient (Wildman–Crippen LogP) is 5.22. The number of hydrogen-bond donors (Lipinski definition) is 3. The number of rotatable bonds is 2. The second kappa shape index (κ2) is 13.1. The lowest BCUT2D eigenvalue weighted by molar-refractivity contribution is -0.117. The molecule has 0 spiro atoms. The van der Waals surface area contributed by atoms with Crippen molar-refractivity contribution in [3.8, 4) is 5.75 Å². The molecule has 42 heavy (non-hydrogen) atoms. The number of aryl methyl sites for hydroxylation is 1. The molecule has 2 aliphatic heterocycles. The summed E-state index contributed by atoms with van der Waals surface area (Å²) < 4.78 is 35.1. The molecular formula is C32H43ClN2O6S. The lowest BCUT2D eigenvalue weighted by Crippen LogP contribution is -2.53. The van der Waals surface area contributed by atoms with Crippen LogP contribution in [0.25, 0.3) is 0 Å². The van der Waals surface area contributed by atoms with Crippen LogP contribution in [0, 0.1) is 11.8 Å². The smallest absolute Gasteiger partial charge is 0.264 e. The topological polar surface area (TPSA) is 116 Å². The summed E-state index contributed by atoms with van der Waals surface area (Å²) in [6.45, 7) is 3.17. The molecule has 4 atom stereocenters. The third kappa shape index (κ3) is 6.74. The Morgan fingerprint density at radius 2 is 1.90 bits per heavy atom. The van der Waals surface area contributed by atoms with E-state index in [4.69, 9.17) is 16.3 Å². The number of aliphatic hydroxyl groups is 2. The monoisotopic (exact) mass is 618 g/mol. The lowest BCUT2D eigenvalue weighted by atomic mass is 9.63. The number of amides is 1. The zero-order valence-electron chi connectivity index (χ0n) is 24.4. The minimum Gasteiger partial charge on any atom is -0.487 e. The van der Waals surface area contributed by atoms with Crippen LogP contribution in [0.2, 0.25) is 5.02 Å². The van der Waals surface area contributed by atoms with Crippen molar-refractivity contribution >= 4 is 33.2 Å². The highest BCUT2D eigenvalue weighted by Crippen LogP contribution is 2.46. The molecule has 3 N–H and O–H groups in total. The number of hydrogen-bond acceptors (Lipinski definition) is 7. The molecule has 2 aromatic rings. The fourth-order valence-electron chi connectivity index (χ4n) is 6.89. The number of carbonyl (C=O) groups excluding carboxylic acids is 1. The quantitative estimate of drug-likeness (QED) is 0.422. The number of nitrogens with zero attached hydrogens (tertiary/aromatic N) is 1. The lowest BCUT2D eigenvalue weighted by Gasteiger charge is -2.48. The van der Waals surface area contributed by atoms with Gasteiger partial charge in [0.05, 0.1) is 23.1 Å². The Hall–Kier alpha value is -2.33. The van der Waals surface area contributed by atoms with E-state index in [9.17, 15) is 23.4 Å². The largest absolute Gasteiger partial charge is 0.487 e. The Bertz CT molecular complexity index is 1390. The molecule has 1 saturated carbocycles. The highest BCUT2D eigenvalue weighted by atomic mass is 35.5. The van der Waals surface area contributed by atoms with Crippen LogP contribution in [-0.4, -0.2) is 55.1 Å². The first-order chi connectivity index (χ1) is 20.1. The van der Waals surface area contributed by atoms with Crippen molar-refractivity contribution in [1.29, 1.82) is 0 Å². The number of ether oxygens (including phenoxy) is 1. The maximum Gasteiger partial charge on any atom is 0.264 e. The van der Waals surface area contributed by atoms with Crippen molar-refractivity contribution < 1.29 is 28.2 Å². The van der Waals surface area contributed by atoms with E-state index in [1.54, 1.807) is 25.1 Å². The number of fused-ring (bicyclic) bond motifs is 3. The Balaban J connectivity index is 1.54. The summed E-state index contributed by atoms with van der Waals surface area (Å²) in [7, 11) is -3.91. The molecule has 10 heteroatoms. The number of aliphatic hydroxyl groups excluding tert-OH is 1. The van der Waals surface area contributed by atoms with Gasteiger partial charge >= 0.3 is 0 Å². The number of nitrogens with one attached hydrogen (secondary N) is 1.